The van der Waals surface area contributed by atoms with E-state index in [9.17, 15) is 4.79 Å². The van der Waals surface area contributed by atoms with Crippen LogP contribution in [-0.4, -0.2) is 5.91 Å². The van der Waals surface area contributed by atoms with Gasteiger partial charge in [0.2, 0.25) is 0 Å². The minimum Gasteiger partial charge on any atom is -0.360 e. The second-order valence-electron chi connectivity index (χ2n) is 5.00. The van der Waals surface area contributed by atoms with E-state index < -0.39 is 5.91 Å². The molecule has 0 fully saturated rings. The van der Waals surface area contributed by atoms with Crippen molar-refractivity contribution in [2.45, 2.75) is 13.8 Å². The average molecular weight is 291 g/mol. The van der Waals surface area contributed by atoms with Gasteiger partial charge in [-0.05, 0) is 38.1 Å². The van der Waals surface area contributed by atoms with Gasteiger partial charge in [-0.25, -0.2) is 0 Å². The Bertz CT molecular complexity index is 722. The molecule has 0 saturated carbocycles. The number of hydrogen-bond acceptors (Lipinski definition) is 3. The molecule has 0 aliphatic heterocycles. The van der Waals surface area contributed by atoms with Crippen LogP contribution in [0.4, 0.5) is 11.4 Å². The van der Waals surface area contributed by atoms with E-state index in [0.29, 0.717) is 5.69 Å². The van der Waals surface area contributed by atoms with Gasteiger partial charge < -0.3 is 10.6 Å². The highest BCUT2D eigenvalue weighted by molar-refractivity contribution is 6.06. The van der Waals surface area contributed by atoms with E-state index in [1.54, 1.807) is 12.1 Å². The summed E-state index contributed by atoms with van der Waals surface area (Å²) in [4.78, 5) is 12.1. The Balaban J connectivity index is 2.05. The first-order valence-corrected chi connectivity index (χ1v) is 6.90. The third kappa shape index (κ3) is 4.22. The number of amides is 1. The Hall–Kier alpha value is -3.06. The molecule has 1 amide bonds. The van der Waals surface area contributed by atoms with Crippen molar-refractivity contribution in [3.63, 3.8) is 0 Å². The van der Waals surface area contributed by atoms with Gasteiger partial charge >= 0.3 is 0 Å². The molecule has 0 heterocycles. The summed E-state index contributed by atoms with van der Waals surface area (Å²) < 4.78 is 0. The van der Waals surface area contributed by atoms with E-state index in [2.05, 4.69) is 10.6 Å². The lowest BCUT2D eigenvalue weighted by Crippen LogP contribution is -2.14. The largest absolute Gasteiger partial charge is 0.360 e. The predicted octanol–water partition coefficient (Wildman–Crippen LogP) is 3.76. The van der Waals surface area contributed by atoms with E-state index in [4.69, 9.17) is 5.26 Å². The van der Waals surface area contributed by atoms with E-state index in [1.807, 2.05) is 56.3 Å². The summed E-state index contributed by atoms with van der Waals surface area (Å²) in [5.41, 5.74) is 3.75. The number of nitriles is 1. The van der Waals surface area contributed by atoms with E-state index in [0.717, 1.165) is 16.8 Å². The summed E-state index contributed by atoms with van der Waals surface area (Å²) in [5.74, 6) is -0.439. The van der Waals surface area contributed by atoms with Crippen LogP contribution in [0.1, 0.15) is 11.1 Å². The molecule has 22 heavy (non-hydrogen) atoms. The SMILES string of the molecule is Cc1ccc(N/C=C(/C#N)C(=O)Nc2ccc(C)cc2)cc1. The van der Waals surface area contributed by atoms with Crippen molar-refractivity contribution in [3.8, 4) is 6.07 Å². The first kappa shape index (κ1) is 15.3. The summed E-state index contributed by atoms with van der Waals surface area (Å²) in [7, 11) is 0. The highest BCUT2D eigenvalue weighted by atomic mass is 16.1. The highest BCUT2D eigenvalue weighted by Gasteiger charge is 2.09. The molecule has 0 atom stereocenters. The van der Waals surface area contributed by atoms with Crippen LogP contribution < -0.4 is 10.6 Å². The second-order valence-corrected chi connectivity index (χ2v) is 5.00. The van der Waals surface area contributed by atoms with Crippen LogP contribution in [0.2, 0.25) is 0 Å². The van der Waals surface area contributed by atoms with Gasteiger partial charge in [0.25, 0.3) is 5.91 Å². The topological polar surface area (TPSA) is 64.9 Å². The molecular weight excluding hydrogens is 274 g/mol. The van der Waals surface area contributed by atoms with Gasteiger partial charge in [0.05, 0.1) is 0 Å². The minimum atomic E-state index is -0.439. The molecule has 0 bridgehead atoms. The lowest BCUT2D eigenvalue weighted by atomic mass is 10.2. The molecular formula is C18H17N3O. The minimum absolute atomic E-state index is 0.0150. The molecule has 0 aliphatic rings. The number of nitrogens with zero attached hydrogens (tertiary/aromatic N) is 1. The van der Waals surface area contributed by atoms with Crippen molar-refractivity contribution < 1.29 is 4.79 Å². The third-order valence-corrected chi connectivity index (χ3v) is 3.11. The van der Waals surface area contributed by atoms with Gasteiger partial charge in [0, 0.05) is 17.6 Å². The summed E-state index contributed by atoms with van der Waals surface area (Å²) in [6, 6.07) is 17.0. The predicted molar refractivity (Wildman–Crippen MR) is 88.3 cm³/mol. The molecule has 2 aromatic carbocycles. The van der Waals surface area contributed by atoms with Crippen LogP contribution >= 0.6 is 0 Å². The standard InChI is InChI=1S/C18H17N3O/c1-13-3-7-16(8-4-13)20-12-15(11-19)18(22)21-17-9-5-14(2)6-10-17/h3-10,12,20H,1-2H3,(H,21,22)/b15-12-. The lowest BCUT2D eigenvalue weighted by molar-refractivity contribution is -0.112. The van der Waals surface area contributed by atoms with Gasteiger partial charge in [-0.2, -0.15) is 5.26 Å². The molecule has 2 aromatic rings. The summed E-state index contributed by atoms with van der Waals surface area (Å²) in [6.45, 7) is 3.97. The maximum atomic E-state index is 12.1. The van der Waals surface area contributed by atoms with Crippen LogP contribution in [0.15, 0.2) is 60.3 Å². The fourth-order valence-corrected chi connectivity index (χ4v) is 1.79. The van der Waals surface area contributed by atoms with Crippen LogP contribution in [-0.2, 0) is 4.79 Å². The van der Waals surface area contributed by atoms with E-state index in [-0.39, 0.29) is 5.57 Å². The Kier molecular flexibility index (Phi) is 4.94. The molecule has 4 nitrogen and oxygen atoms in total. The van der Waals surface area contributed by atoms with Gasteiger partial charge in [-0.3, -0.25) is 4.79 Å². The fourth-order valence-electron chi connectivity index (χ4n) is 1.79. The van der Waals surface area contributed by atoms with Gasteiger partial charge in [0.1, 0.15) is 11.6 Å². The molecule has 2 rings (SSSR count). The van der Waals surface area contributed by atoms with Crippen LogP contribution in [0, 0.1) is 25.2 Å². The quantitative estimate of drug-likeness (QED) is 0.666. The number of anilines is 2. The van der Waals surface area contributed by atoms with Gasteiger partial charge in [-0.15, -0.1) is 0 Å². The maximum absolute atomic E-state index is 12.1. The molecule has 4 heteroatoms. The Morgan fingerprint density at radius 3 is 1.95 bits per heavy atom. The number of aryl methyl sites for hydroxylation is 2. The lowest BCUT2D eigenvalue weighted by Gasteiger charge is -2.05. The Labute approximate surface area is 130 Å². The van der Waals surface area contributed by atoms with Crippen LogP contribution in [0.3, 0.4) is 0 Å². The van der Waals surface area contributed by atoms with Crippen molar-refractivity contribution in [2.75, 3.05) is 10.6 Å². The smallest absolute Gasteiger partial charge is 0.267 e. The van der Waals surface area contributed by atoms with E-state index >= 15 is 0 Å². The zero-order valence-corrected chi connectivity index (χ0v) is 12.6. The average Bonchev–Trinajstić information content (AvgIpc) is 2.52. The van der Waals surface area contributed by atoms with Crippen molar-refractivity contribution in [1.29, 1.82) is 5.26 Å². The monoisotopic (exact) mass is 291 g/mol. The number of rotatable bonds is 4. The van der Waals surface area contributed by atoms with Crippen molar-refractivity contribution in [1.82, 2.24) is 0 Å². The molecule has 2 N–H and O–H groups in total. The first-order valence-electron chi connectivity index (χ1n) is 6.90. The van der Waals surface area contributed by atoms with Crippen molar-refractivity contribution >= 4 is 17.3 Å². The molecule has 0 aromatic heterocycles. The third-order valence-electron chi connectivity index (χ3n) is 3.11. The van der Waals surface area contributed by atoms with Crippen LogP contribution in [0.5, 0.6) is 0 Å². The zero-order valence-electron chi connectivity index (χ0n) is 12.6. The number of nitrogens with one attached hydrogen (secondary N) is 2. The van der Waals surface area contributed by atoms with Crippen LogP contribution in [0.25, 0.3) is 0 Å². The fraction of sp³-hybridized carbons (Fsp3) is 0.111. The molecule has 0 spiro atoms. The van der Waals surface area contributed by atoms with E-state index in [1.165, 1.54) is 6.20 Å². The molecule has 0 aliphatic carbocycles. The number of carbonyl (C=O) groups is 1. The summed E-state index contributed by atoms with van der Waals surface area (Å²) >= 11 is 0. The molecule has 0 radical (unpaired) electrons. The van der Waals surface area contributed by atoms with Gasteiger partial charge in [-0.1, -0.05) is 35.4 Å². The molecule has 0 saturated heterocycles. The number of hydrogen-bond donors (Lipinski definition) is 2. The zero-order chi connectivity index (χ0) is 15.9. The highest BCUT2D eigenvalue weighted by Crippen LogP contribution is 2.12. The molecule has 0 unspecified atom stereocenters. The number of carbonyl (C=O) groups excluding carboxylic acids is 1. The summed E-state index contributed by atoms with van der Waals surface area (Å²) in [5, 5.41) is 14.8. The van der Waals surface area contributed by atoms with Crippen molar-refractivity contribution in [2.24, 2.45) is 0 Å². The molecule has 110 valence electrons. The maximum Gasteiger partial charge on any atom is 0.267 e. The summed E-state index contributed by atoms with van der Waals surface area (Å²) in [6.07, 6.45) is 1.41. The van der Waals surface area contributed by atoms with Crippen molar-refractivity contribution in [3.05, 3.63) is 71.4 Å². The Morgan fingerprint density at radius 2 is 1.45 bits per heavy atom. The van der Waals surface area contributed by atoms with Gasteiger partial charge in [0.15, 0.2) is 0 Å². The first-order chi connectivity index (χ1) is 10.6. The Morgan fingerprint density at radius 1 is 0.955 bits per heavy atom. The second kappa shape index (κ2) is 7.09. The number of benzene rings is 2. The normalized spacial score (nSPS) is 10.7.